The van der Waals surface area contributed by atoms with E-state index in [1.807, 2.05) is 0 Å². The molecule has 0 atom stereocenters. The van der Waals surface area contributed by atoms with Crippen LogP contribution in [0.15, 0.2) is 36.4 Å². The highest BCUT2D eigenvalue weighted by atomic mass is 35.5. The third-order valence-corrected chi connectivity index (χ3v) is 4.73. The van der Waals surface area contributed by atoms with Crippen molar-refractivity contribution in [2.24, 2.45) is 5.92 Å². The van der Waals surface area contributed by atoms with Crippen LogP contribution < -0.4 is 14.8 Å². The summed E-state index contributed by atoms with van der Waals surface area (Å²) in [5.41, 5.74) is 0.580. The van der Waals surface area contributed by atoms with Crippen molar-refractivity contribution in [2.75, 3.05) is 25.6 Å². The van der Waals surface area contributed by atoms with Gasteiger partial charge in [-0.2, -0.15) is 0 Å². The highest BCUT2D eigenvalue weighted by molar-refractivity contribution is 6.44. The van der Waals surface area contributed by atoms with Gasteiger partial charge in [-0.3, -0.25) is 4.79 Å². The number of ether oxygens (including phenoxy) is 3. The molecule has 0 unspecified atom stereocenters. The van der Waals surface area contributed by atoms with Crippen LogP contribution in [0.1, 0.15) is 30.6 Å². The number of anilines is 1. The van der Waals surface area contributed by atoms with Gasteiger partial charge >= 0.3 is 5.97 Å². The molecule has 1 N–H and O–H groups in total. The zero-order valence-corrected chi connectivity index (χ0v) is 18.0. The van der Waals surface area contributed by atoms with Crippen LogP contribution in [0, 0.1) is 5.92 Å². The predicted octanol–water partition coefficient (Wildman–Crippen LogP) is 5.22. The lowest BCUT2D eigenvalue weighted by atomic mass is 10.1. The number of carbonyl (C=O) groups is 2. The maximum Gasteiger partial charge on any atom is 0.338 e. The fraction of sp³-hybridized carbons (Fsp3) is 0.333. The fourth-order valence-corrected chi connectivity index (χ4v) is 2.67. The van der Waals surface area contributed by atoms with Gasteiger partial charge < -0.3 is 19.5 Å². The van der Waals surface area contributed by atoms with Crippen LogP contribution in [0.4, 0.5) is 5.69 Å². The summed E-state index contributed by atoms with van der Waals surface area (Å²) < 4.78 is 16.0. The van der Waals surface area contributed by atoms with E-state index in [0.29, 0.717) is 34.7 Å². The second-order valence-corrected chi connectivity index (χ2v) is 7.41. The summed E-state index contributed by atoms with van der Waals surface area (Å²) in [5.74, 6) is 0.270. The van der Waals surface area contributed by atoms with Crippen molar-refractivity contribution >= 4 is 40.8 Å². The molecule has 0 bridgehead atoms. The van der Waals surface area contributed by atoms with E-state index in [0.717, 1.165) is 6.42 Å². The van der Waals surface area contributed by atoms with Crippen molar-refractivity contribution < 1.29 is 23.8 Å². The van der Waals surface area contributed by atoms with Crippen molar-refractivity contribution in [2.45, 2.75) is 20.3 Å². The maximum absolute atomic E-state index is 12.3. The summed E-state index contributed by atoms with van der Waals surface area (Å²) in [6, 6.07) is 9.55. The Balaban J connectivity index is 1.94. The lowest BCUT2D eigenvalue weighted by molar-refractivity contribution is -0.119. The fourth-order valence-electron chi connectivity index (χ4n) is 2.32. The van der Waals surface area contributed by atoms with E-state index in [1.54, 1.807) is 30.3 Å². The maximum atomic E-state index is 12.3. The zero-order valence-electron chi connectivity index (χ0n) is 16.5. The van der Waals surface area contributed by atoms with Crippen LogP contribution >= 0.6 is 23.2 Å². The van der Waals surface area contributed by atoms with Crippen LogP contribution in [0.2, 0.25) is 10.0 Å². The Morgan fingerprint density at radius 2 is 1.86 bits per heavy atom. The summed E-state index contributed by atoms with van der Waals surface area (Å²) in [5, 5.41) is 3.07. The van der Waals surface area contributed by atoms with E-state index in [4.69, 9.17) is 37.4 Å². The van der Waals surface area contributed by atoms with Crippen LogP contribution in [-0.2, 0) is 9.53 Å². The van der Waals surface area contributed by atoms with Gasteiger partial charge in [-0.25, -0.2) is 4.79 Å². The average Bonchev–Trinajstić information content (AvgIpc) is 2.69. The third kappa shape index (κ3) is 6.84. The van der Waals surface area contributed by atoms with Gasteiger partial charge in [0, 0.05) is 0 Å². The topological polar surface area (TPSA) is 73.9 Å². The first kappa shape index (κ1) is 22.8. The van der Waals surface area contributed by atoms with Gasteiger partial charge in [-0.05, 0) is 42.7 Å². The number of halogens is 2. The number of nitrogens with one attached hydrogen (secondary N) is 1. The molecule has 0 aromatic heterocycles. The number of benzene rings is 2. The average molecular weight is 440 g/mol. The predicted molar refractivity (Wildman–Crippen MR) is 113 cm³/mol. The molecular weight excluding hydrogens is 417 g/mol. The second-order valence-electron chi connectivity index (χ2n) is 6.62. The van der Waals surface area contributed by atoms with Crippen molar-refractivity contribution in [3.8, 4) is 11.5 Å². The Hall–Kier alpha value is -2.44. The Bertz CT molecular complexity index is 870. The van der Waals surface area contributed by atoms with E-state index in [1.165, 1.54) is 13.2 Å². The van der Waals surface area contributed by atoms with Crippen molar-refractivity contribution in [3.05, 3.63) is 52.0 Å². The molecule has 0 heterocycles. The third-order valence-electron chi connectivity index (χ3n) is 3.91. The van der Waals surface area contributed by atoms with Crippen molar-refractivity contribution in [1.82, 2.24) is 0 Å². The first-order chi connectivity index (χ1) is 13.8. The number of esters is 1. The van der Waals surface area contributed by atoms with Gasteiger partial charge in [0.15, 0.2) is 18.1 Å². The summed E-state index contributed by atoms with van der Waals surface area (Å²) in [6.07, 6.45) is 0.901. The monoisotopic (exact) mass is 439 g/mol. The largest absolute Gasteiger partial charge is 0.493 e. The van der Waals surface area contributed by atoms with E-state index >= 15 is 0 Å². The van der Waals surface area contributed by atoms with Crippen molar-refractivity contribution in [1.29, 1.82) is 0 Å². The quantitative estimate of drug-likeness (QED) is 0.541. The minimum Gasteiger partial charge on any atom is -0.493 e. The van der Waals surface area contributed by atoms with Crippen LogP contribution in [0.25, 0.3) is 0 Å². The number of rotatable bonds is 9. The Labute approximate surface area is 180 Å². The molecule has 29 heavy (non-hydrogen) atoms. The van der Waals surface area contributed by atoms with Gasteiger partial charge in [0.2, 0.25) is 0 Å². The molecule has 0 spiro atoms. The van der Waals surface area contributed by atoms with E-state index in [2.05, 4.69) is 19.2 Å². The van der Waals surface area contributed by atoms with Gasteiger partial charge in [0.05, 0.1) is 35.0 Å². The Kier molecular flexibility index (Phi) is 8.61. The molecule has 0 saturated carbocycles. The molecule has 1 amide bonds. The number of carbonyl (C=O) groups excluding carboxylic acids is 2. The van der Waals surface area contributed by atoms with Gasteiger partial charge in [-0.15, -0.1) is 0 Å². The Morgan fingerprint density at radius 1 is 1.10 bits per heavy atom. The molecule has 6 nitrogen and oxygen atoms in total. The highest BCUT2D eigenvalue weighted by Crippen LogP contribution is 2.30. The lowest BCUT2D eigenvalue weighted by Crippen LogP contribution is -2.21. The first-order valence-electron chi connectivity index (χ1n) is 9.03. The second kappa shape index (κ2) is 10.9. The molecule has 0 radical (unpaired) electrons. The lowest BCUT2D eigenvalue weighted by Gasteiger charge is -2.13. The molecule has 2 aromatic rings. The molecule has 0 aliphatic rings. The number of amides is 1. The minimum atomic E-state index is -0.663. The normalized spacial score (nSPS) is 10.6. The first-order valence-corrected chi connectivity index (χ1v) is 9.79. The van der Waals surface area contributed by atoms with Crippen LogP contribution in [0.3, 0.4) is 0 Å². The smallest absolute Gasteiger partial charge is 0.338 e. The molecule has 156 valence electrons. The molecule has 0 aliphatic carbocycles. The molecule has 0 aliphatic heterocycles. The molecular formula is C21H23Cl2NO5. The van der Waals surface area contributed by atoms with Crippen LogP contribution in [0.5, 0.6) is 11.5 Å². The molecule has 8 heteroatoms. The summed E-state index contributed by atoms with van der Waals surface area (Å²) in [7, 11) is 1.49. The number of hydrogen-bond acceptors (Lipinski definition) is 5. The zero-order chi connectivity index (χ0) is 21.4. The van der Waals surface area contributed by atoms with Crippen molar-refractivity contribution in [3.63, 3.8) is 0 Å². The minimum absolute atomic E-state index is 0.214. The van der Waals surface area contributed by atoms with E-state index < -0.39 is 18.5 Å². The summed E-state index contributed by atoms with van der Waals surface area (Å²) in [6.45, 7) is 4.28. The molecule has 0 fully saturated rings. The molecule has 2 rings (SSSR count). The summed E-state index contributed by atoms with van der Waals surface area (Å²) in [4.78, 5) is 24.3. The summed E-state index contributed by atoms with van der Waals surface area (Å²) >= 11 is 11.9. The van der Waals surface area contributed by atoms with Gasteiger partial charge in [0.25, 0.3) is 5.91 Å². The highest BCUT2D eigenvalue weighted by Gasteiger charge is 2.15. The van der Waals surface area contributed by atoms with Crippen LogP contribution in [-0.4, -0.2) is 32.2 Å². The number of hydrogen-bond donors (Lipinski definition) is 1. The van der Waals surface area contributed by atoms with E-state index in [-0.39, 0.29) is 10.6 Å². The van der Waals surface area contributed by atoms with Gasteiger partial charge in [-0.1, -0.05) is 43.1 Å². The molecule has 2 aromatic carbocycles. The van der Waals surface area contributed by atoms with E-state index in [9.17, 15) is 9.59 Å². The van der Waals surface area contributed by atoms with Gasteiger partial charge in [0.1, 0.15) is 0 Å². The number of methoxy groups -OCH3 is 1. The SMILES string of the molecule is COc1cc(C(=O)OCC(=O)Nc2cccc(Cl)c2Cl)ccc1OCCC(C)C. The Morgan fingerprint density at radius 3 is 2.55 bits per heavy atom. The standard InChI is InChI=1S/C21H23Cl2NO5/c1-13(2)9-10-28-17-8-7-14(11-18(17)27-3)21(26)29-12-19(25)24-16-6-4-5-15(22)20(16)23/h4-8,11,13H,9-10,12H2,1-3H3,(H,24,25). The molecule has 0 saturated heterocycles.